The van der Waals surface area contributed by atoms with Crippen molar-refractivity contribution in [3.63, 3.8) is 0 Å². The van der Waals surface area contributed by atoms with Gasteiger partial charge in [0.2, 0.25) is 0 Å². The summed E-state index contributed by atoms with van der Waals surface area (Å²) in [6, 6.07) is 20.0. The molecule has 1 amide bonds. The van der Waals surface area contributed by atoms with Gasteiger partial charge < -0.3 is 21.1 Å². The zero-order chi connectivity index (χ0) is 32.4. The fraction of sp³-hybridized carbons (Fsp3) is 0.270. The molecule has 45 heavy (non-hydrogen) atoms. The highest BCUT2D eigenvalue weighted by Gasteiger charge is 2.41. The van der Waals surface area contributed by atoms with Crippen molar-refractivity contribution in [2.75, 3.05) is 11.1 Å². The number of hydrogen-bond acceptors (Lipinski definition) is 6. The Morgan fingerprint density at radius 3 is 2.27 bits per heavy atom. The van der Waals surface area contributed by atoms with Gasteiger partial charge in [0.05, 0.1) is 28.3 Å². The van der Waals surface area contributed by atoms with Crippen LogP contribution in [0.15, 0.2) is 97.9 Å². The van der Waals surface area contributed by atoms with Crippen LogP contribution in [0.5, 0.6) is 0 Å². The number of nitrogen functional groups attached to an aromatic ring is 1. The number of pyridine rings is 1. The van der Waals surface area contributed by atoms with Crippen molar-refractivity contribution in [2.24, 2.45) is 0 Å². The van der Waals surface area contributed by atoms with Crippen LogP contribution in [0.25, 0.3) is 33.8 Å². The molecule has 2 aromatic heterocycles. The number of amides is 1. The van der Waals surface area contributed by atoms with Gasteiger partial charge in [-0.25, -0.2) is 14.8 Å². The highest BCUT2D eigenvalue weighted by molar-refractivity contribution is 5.89. The predicted octanol–water partition coefficient (Wildman–Crippen LogP) is 8.62. The molecule has 8 nitrogen and oxygen atoms in total. The minimum atomic E-state index is -0.568. The predicted molar refractivity (Wildman–Crippen MR) is 184 cm³/mol. The van der Waals surface area contributed by atoms with E-state index < -0.39 is 17.2 Å². The fourth-order valence-corrected chi connectivity index (χ4v) is 5.76. The molecule has 8 heteroatoms. The average molecular weight is 603 g/mol. The van der Waals surface area contributed by atoms with Crippen LogP contribution in [0.3, 0.4) is 0 Å². The lowest BCUT2D eigenvalue weighted by molar-refractivity contribution is 0.0377. The van der Waals surface area contributed by atoms with Crippen molar-refractivity contribution in [3.8, 4) is 28.2 Å². The number of allylic oxidation sites excluding steroid dienone is 3. The molecule has 1 aliphatic carbocycles. The van der Waals surface area contributed by atoms with E-state index in [1.165, 1.54) is 0 Å². The number of nitrogens with one attached hydrogen (secondary N) is 2. The van der Waals surface area contributed by atoms with Crippen LogP contribution in [0.1, 0.15) is 65.3 Å². The first-order valence-electron chi connectivity index (χ1n) is 15.4. The number of nitrogens with two attached hydrogens (primary N) is 1. The molecular weight excluding hydrogens is 560 g/mol. The van der Waals surface area contributed by atoms with E-state index in [1.54, 1.807) is 18.3 Å². The van der Waals surface area contributed by atoms with Gasteiger partial charge in [-0.2, -0.15) is 0 Å². The summed E-state index contributed by atoms with van der Waals surface area (Å²) in [4.78, 5) is 22.6. The van der Waals surface area contributed by atoms with Gasteiger partial charge in [0, 0.05) is 28.6 Å². The second kappa shape index (κ2) is 12.5. The maximum atomic E-state index is 12.8. The van der Waals surface area contributed by atoms with E-state index in [0.717, 1.165) is 70.1 Å². The van der Waals surface area contributed by atoms with E-state index in [9.17, 15) is 4.79 Å². The summed E-state index contributed by atoms with van der Waals surface area (Å²) in [6.07, 6.45) is 7.65. The van der Waals surface area contributed by atoms with Gasteiger partial charge in [-0.3, -0.25) is 4.57 Å². The lowest BCUT2D eigenvalue weighted by atomic mass is 9.71. The maximum absolute atomic E-state index is 12.8. The first kappa shape index (κ1) is 31.3. The number of carbonyl (C=O) groups excluding carboxylic acids is 1. The molecule has 1 aliphatic heterocycles. The van der Waals surface area contributed by atoms with Gasteiger partial charge in [-0.15, -0.1) is 0 Å². The van der Waals surface area contributed by atoms with Crippen molar-refractivity contribution < 1.29 is 9.53 Å². The molecule has 4 N–H and O–H groups in total. The van der Waals surface area contributed by atoms with Crippen LogP contribution in [0.4, 0.5) is 16.3 Å². The van der Waals surface area contributed by atoms with Crippen LogP contribution in [0.2, 0.25) is 0 Å². The number of nitrogens with zero attached hydrogens (tertiary/aromatic N) is 3. The van der Waals surface area contributed by atoms with Crippen LogP contribution in [-0.2, 0) is 10.3 Å². The molecule has 0 saturated heterocycles. The summed E-state index contributed by atoms with van der Waals surface area (Å²) < 4.78 is 7.72. The molecule has 0 spiro atoms. The number of aromatic nitrogens is 3. The smallest absolute Gasteiger partial charge is 0.408 e. The Bertz CT molecular complexity index is 1750. The molecule has 1 fully saturated rings. The van der Waals surface area contributed by atoms with Gasteiger partial charge in [-0.1, -0.05) is 69.5 Å². The molecule has 6 rings (SSSR count). The molecule has 2 aromatic carbocycles. The number of ether oxygens (including phenoxy) is 1. The third-order valence-corrected chi connectivity index (χ3v) is 7.94. The molecule has 0 bridgehead atoms. The number of hydrogen-bond donors (Lipinski definition) is 3. The van der Waals surface area contributed by atoms with Crippen LogP contribution in [-0.4, -0.2) is 26.2 Å². The number of imidazole rings is 1. The maximum Gasteiger partial charge on any atom is 0.408 e. The second-order valence-corrected chi connectivity index (χ2v) is 12.0. The summed E-state index contributed by atoms with van der Waals surface area (Å²) in [7, 11) is 0. The molecule has 1 saturated carbocycles. The largest absolute Gasteiger partial charge is 0.444 e. The minimum absolute atomic E-state index is 0.401. The van der Waals surface area contributed by atoms with E-state index in [1.807, 2.05) is 71.0 Å². The number of rotatable bonds is 6. The molecule has 0 unspecified atom stereocenters. The highest BCUT2D eigenvalue weighted by atomic mass is 16.6. The number of benzene rings is 2. The Morgan fingerprint density at radius 1 is 1.02 bits per heavy atom. The van der Waals surface area contributed by atoms with Crippen LogP contribution in [0, 0.1) is 0 Å². The van der Waals surface area contributed by atoms with Crippen molar-refractivity contribution >= 4 is 23.2 Å². The van der Waals surface area contributed by atoms with Crippen LogP contribution >= 0.6 is 0 Å². The van der Waals surface area contributed by atoms with Gasteiger partial charge in [0.25, 0.3) is 0 Å². The molecule has 3 heterocycles. The van der Waals surface area contributed by atoms with Crippen molar-refractivity contribution in [3.05, 3.63) is 109 Å². The Kier molecular flexibility index (Phi) is 8.68. The number of carbonyl (C=O) groups is 1. The lowest BCUT2D eigenvalue weighted by Gasteiger charge is -2.43. The Labute approximate surface area is 265 Å². The van der Waals surface area contributed by atoms with Crippen molar-refractivity contribution in [2.45, 2.75) is 65.0 Å². The first-order valence-corrected chi connectivity index (χ1v) is 15.4. The summed E-state index contributed by atoms with van der Waals surface area (Å²) in [6.45, 7) is 17.7. The van der Waals surface area contributed by atoms with Crippen LogP contribution < -0.4 is 16.4 Å². The van der Waals surface area contributed by atoms with Gasteiger partial charge >= 0.3 is 6.09 Å². The average Bonchev–Trinajstić information content (AvgIpc) is 3.33. The summed E-state index contributed by atoms with van der Waals surface area (Å²) in [5.74, 6) is 1.40. The fourth-order valence-electron chi connectivity index (χ4n) is 5.76. The minimum Gasteiger partial charge on any atom is -0.444 e. The van der Waals surface area contributed by atoms with Gasteiger partial charge in [0.15, 0.2) is 5.82 Å². The zero-order valence-electron chi connectivity index (χ0n) is 26.8. The standard InChI is InChI=1S/C35H36N6O2.C2H6/c1-6-26-27(7-2)38-31-28(10-8-21-37-31)41-30(29(39-32(26)41)22-13-17-25(36)18-14-22)23-11-15-24(16-12-23)35(19-9-20-35)40-33(42)43-34(3,4)5;1-2/h6-8,10-18,21H,1-2,9,19-20,36H2,3-5H3,(H,37,38)(H,40,42);1-2H3. The Morgan fingerprint density at radius 2 is 1.69 bits per heavy atom. The number of fused-ring (bicyclic) bond motifs is 3. The molecule has 4 aromatic rings. The van der Waals surface area contributed by atoms with E-state index >= 15 is 0 Å². The van der Waals surface area contributed by atoms with E-state index in [-0.39, 0.29) is 0 Å². The van der Waals surface area contributed by atoms with Crippen molar-refractivity contribution in [1.82, 2.24) is 19.9 Å². The van der Waals surface area contributed by atoms with Crippen molar-refractivity contribution in [1.29, 1.82) is 0 Å². The third kappa shape index (κ3) is 6.00. The topological polar surface area (TPSA) is 107 Å². The monoisotopic (exact) mass is 602 g/mol. The van der Waals surface area contributed by atoms with E-state index in [2.05, 4.69) is 57.6 Å². The Hall–Kier alpha value is -5.11. The quantitative estimate of drug-likeness (QED) is 0.191. The third-order valence-electron chi connectivity index (χ3n) is 7.94. The molecule has 232 valence electrons. The molecule has 0 atom stereocenters. The molecule has 0 radical (unpaired) electrons. The molecule has 2 aliphatic rings. The normalized spacial score (nSPS) is 14.7. The zero-order valence-corrected chi connectivity index (χ0v) is 26.8. The number of alkyl carbamates (subject to hydrolysis) is 1. The SMILES string of the molecule is C=CC1=C(C=C)c2nc(-c3ccc(N)cc3)c(-c3ccc(C4(NC(=O)OC(C)(C)C)CCC4)cc3)n2-c2cccnc2N1.CC. The van der Waals surface area contributed by atoms with E-state index in [0.29, 0.717) is 11.5 Å². The molecular formula is C37H42N6O2. The summed E-state index contributed by atoms with van der Waals surface area (Å²) in [5.41, 5.74) is 12.8. The summed E-state index contributed by atoms with van der Waals surface area (Å²) >= 11 is 0. The van der Waals surface area contributed by atoms with Gasteiger partial charge in [-0.05, 0) is 75.9 Å². The van der Waals surface area contributed by atoms with E-state index in [4.69, 9.17) is 15.5 Å². The summed E-state index contributed by atoms with van der Waals surface area (Å²) in [5, 5.41) is 6.58. The first-order chi connectivity index (χ1) is 21.6. The highest BCUT2D eigenvalue weighted by Crippen LogP contribution is 2.44. The Balaban J connectivity index is 0.00000196. The van der Waals surface area contributed by atoms with Gasteiger partial charge in [0.1, 0.15) is 11.4 Å². The second-order valence-electron chi connectivity index (χ2n) is 12.0. The number of anilines is 2. The lowest BCUT2D eigenvalue weighted by Crippen LogP contribution is -2.52.